The molecule has 0 atom stereocenters. The molecular weight excluding hydrogens is 262 g/mol. The van der Waals surface area contributed by atoms with E-state index in [-0.39, 0.29) is 0 Å². The summed E-state index contributed by atoms with van der Waals surface area (Å²) in [6, 6.07) is 4.36. The van der Waals surface area contributed by atoms with E-state index < -0.39 is 0 Å². The van der Waals surface area contributed by atoms with Crippen LogP contribution in [0.2, 0.25) is 5.02 Å². The Labute approximate surface area is 119 Å². The number of halogens is 1. The van der Waals surface area contributed by atoms with Gasteiger partial charge < -0.3 is 14.8 Å². The zero-order valence-corrected chi connectivity index (χ0v) is 12.4. The Bertz CT molecular complexity index is 483. The largest absolute Gasteiger partial charge is 0.486 e. The highest BCUT2D eigenvalue weighted by molar-refractivity contribution is 6.32. The van der Waals surface area contributed by atoms with E-state index >= 15 is 0 Å². The molecule has 1 aliphatic rings. The SMILES string of the molecule is CC(=Cc1cc(Cl)c2c(c1)OCCO2)CNC(C)C. The van der Waals surface area contributed by atoms with Crippen LogP contribution >= 0.6 is 11.6 Å². The molecule has 0 spiro atoms. The molecule has 1 N–H and O–H groups in total. The Balaban J connectivity index is 2.16. The molecule has 1 aromatic carbocycles. The normalized spacial score (nSPS) is 14.9. The molecule has 0 amide bonds. The molecule has 0 saturated carbocycles. The summed E-state index contributed by atoms with van der Waals surface area (Å²) in [5.41, 5.74) is 2.29. The van der Waals surface area contributed by atoms with Crippen molar-refractivity contribution in [3.05, 3.63) is 28.3 Å². The summed E-state index contributed by atoms with van der Waals surface area (Å²) in [6.45, 7) is 8.36. The van der Waals surface area contributed by atoms with Gasteiger partial charge in [-0.25, -0.2) is 0 Å². The van der Waals surface area contributed by atoms with Gasteiger partial charge in [0.2, 0.25) is 0 Å². The van der Waals surface area contributed by atoms with E-state index in [1.807, 2.05) is 12.1 Å². The Morgan fingerprint density at radius 3 is 2.84 bits per heavy atom. The van der Waals surface area contributed by atoms with Crippen LogP contribution in [-0.4, -0.2) is 25.8 Å². The van der Waals surface area contributed by atoms with Crippen molar-refractivity contribution in [2.24, 2.45) is 0 Å². The van der Waals surface area contributed by atoms with Crippen molar-refractivity contribution in [2.45, 2.75) is 26.8 Å². The summed E-state index contributed by atoms with van der Waals surface area (Å²) in [5.74, 6) is 1.39. The minimum Gasteiger partial charge on any atom is -0.486 e. The predicted octanol–water partition coefficient (Wildman–Crippen LogP) is 3.51. The Kier molecular flexibility index (Phi) is 4.72. The van der Waals surface area contributed by atoms with E-state index in [1.165, 1.54) is 5.57 Å². The average molecular weight is 282 g/mol. The monoisotopic (exact) mass is 281 g/mol. The zero-order chi connectivity index (χ0) is 13.8. The number of nitrogens with one attached hydrogen (secondary N) is 1. The molecule has 1 aliphatic heterocycles. The third kappa shape index (κ3) is 3.88. The molecule has 19 heavy (non-hydrogen) atoms. The van der Waals surface area contributed by atoms with Crippen molar-refractivity contribution >= 4 is 17.7 Å². The smallest absolute Gasteiger partial charge is 0.179 e. The van der Waals surface area contributed by atoms with Gasteiger partial charge in [-0.15, -0.1) is 0 Å². The third-order valence-corrected chi connectivity index (χ3v) is 3.10. The van der Waals surface area contributed by atoms with Crippen LogP contribution in [0.1, 0.15) is 26.3 Å². The van der Waals surface area contributed by atoms with Gasteiger partial charge in [-0.2, -0.15) is 0 Å². The van der Waals surface area contributed by atoms with Gasteiger partial charge >= 0.3 is 0 Å². The Morgan fingerprint density at radius 1 is 1.37 bits per heavy atom. The van der Waals surface area contributed by atoms with E-state index in [0.717, 1.165) is 17.9 Å². The zero-order valence-electron chi connectivity index (χ0n) is 11.6. The van der Waals surface area contributed by atoms with Crippen LogP contribution < -0.4 is 14.8 Å². The fourth-order valence-corrected chi connectivity index (χ4v) is 2.19. The number of rotatable bonds is 4. The molecule has 3 nitrogen and oxygen atoms in total. The van der Waals surface area contributed by atoms with Gasteiger partial charge in [0, 0.05) is 12.6 Å². The van der Waals surface area contributed by atoms with Crippen LogP contribution in [0.3, 0.4) is 0 Å². The van der Waals surface area contributed by atoms with Crippen molar-refractivity contribution in [2.75, 3.05) is 19.8 Å². The highest BCUT2D eigenvalue weighted by Crippen LogP contribution is 2.38. The van der Waals surface area contributed by atoms with Crippen LogP contribution in [-0.2, 0) is 0 Å². The molecule has 0 unspecified atom stereocenters. The van der Waals surface area contributed by atoms with Crippen molar-refractivity contribution in [1.82, 2.24) is 5.32 Å². The molecule has 0 saturated heterocycles. The lowest BCUT2D eigenvalue weighted by atomic mass is 10.1. The maximum absolute atomic E-state index is 6.21. The Hall–Kier alpha value is -1.19. The minimum absolute atomic E-state index is 0.479. The molecule has 1 heterocycles. The molecular formula is C15H20ClNO2. The number of benzene rings is 1. The molecule has 4 heteroatoms. The molecule has 1 aromatic rings. The summed E-state index contributed by atoms with van der Waals surface area (Å²) >= 11 is 6.21. The quantitative estimate of drug-likeness (QED) is 0.916. The summed E-state index contributed by atoms with van der Waals surface area (Å²) in [7, 11) is 0. The summed E-state index contributed by atoms with van der Waals surface area (Å²) in [4.78, 5) is 0. The van der Waals surface area contributed by atoms with Gasteiger partial charge in [0.25, 0.3) is 0 Å². The van der Waals surface area contributed by atoms with E-state index in [4.69, 9.17) is 21.1 Å². The number of ether oxygens (including phenoxy) is 2. The topological polar surface area (TPSA) is 30.5 Å². The standard InChI is InChI=1S/C15H20ClNO2/c1-10(2)17-9-11(3)6-12-7-13(16)15-14(8-12)18-4-5-19-15/h6-8,10,17H,4-5,9H2,1-3H3. The second-order valence-corrected chi connectivity index (χ2v) is 5.46. The van der Waals surface area contributed by atoms with Crippen LogP contribution in [0.25, 0.3) is 6.08 Å². The molecule has 0 bridgehead atoms. The second kappa shape index (κ2) is 6.31. The number of hydrogen-bond donors (Lipinski definition) is 1. The van der Waals surface area contributed by atoms with E-state index in [1.54, 1.807) is 0 Å². The van der Waals surface area contributed by atoms with Crippen molar-refractivity contribution in [3.8, 4) is 11.5 Å². The van der Waals surface area contributed by atoms with E-state index in [2.05, 4.69) is 32.2 Å². The summed E-state index contributed by atoms with van der Waals surface area (Å²) < 4.78 is 11.1. The van der Waals surface area contributed by atoms with Gasteiger partial charge in [-0.1, -0.05) is 37.1 Å². The van der Waals surface area contributed by atoms with Gasteiger partial charge in [0.15, 0.2) is 11.5 Å². The van der Waals surface area contributed by atoms with E-state index in [0.29, 0.717) is 30.0 Å². The van der Waals surface area contributed by atoms with Crippen molar-refractivity contribution < 1.29 is 9.47 Å². The van der Waals surface area contributed by atoms with Gasteiger partial charge in [0.05, 0.1) is 5.02 Å². The van der Waals surface area contributed by atoms with E-state index in [9.17, 15) is 0 Å². The first kappa shape index (κ1) is 14.2. The maximum atomic E-state index is 6.21. The molecule has 0 aliphatic carbocycles. The lowest BCUT2D eigenvalue weighted by molar-refractivity contribution is 0.171. The molecule has 0 aromatic heterocycles. The third-order valence-electron chi connectivity index (χ3n) is 2.82. The Morgan fingerprint density at radius 2 is 2.11 bits per heavy atom. The first-order chi connectivity index (χ1) is 9.06. The molecule has 104 valence electrons. The molecule has 2 rings (SSSR count). The fourth-order valence-electron chi connectivity index (χ4n) is 1.91. The van der Waals surface area contributed by atoms with Crippen molar-refractivity contribution in [3.63, 3.8) is 0 Å². The summed E-state index contributed by atoms with van der Waals surface area (Å²) in [5, 5.41) is 3.99. The van der Waals surface area contributed by atoms with Gasteiger partial charge in [-0.05, 0) is 24.6 Å². The van der Waals surface area contributed by atoms with Crippen LogP contribution in [0.5, 0.6) is 11.5 Å². The first-order valence-corrected chi connectivity index (χ1v) is 6.94. The number of hydrogen-bond acceptors (Lipinski definition) is 3. The summed E-state index contributed by atoms with van der Waals surface area (Å²) in [6.07, 6.45) is 2.11. The van der Waals surface area contributed by atoms with Gasteiger partial charge in [0.1, 0.15) is 13.2 Å². The predicted molar refractivity (Wildman–Crippen MR) is 79.2 cm³/mol. The highest BCUT2D eigenvalue weighted by atomic mass is 35.5. The first-order valence-electron chi connectivity index (χ1n) is 6.56. The fraction of sp³-hybridized carbons (Fsp3) is 0.467. The number of fused-ring (bicyclic) bond motifs is 1. The van der Waals surface area contributed by atoms with Crippen LogP contribution in [0, 0.1) is 0 Å². The maximum Gasteiger partial charge on any atom is 0.179 e. The minimum atomic E-state index is 0.479. The van der Waals surface area contributed by atoms with Crippen LogP contribution in [0.15, 0.2) is 17.7 Å². The lowest BCUT2D eigenvalue weighted by Crippen LogP contribution is -2.24. The second-order valence-electron chi connectivity index (χ2n) is 5.05. The lowest BCUT2D eigenvalue weighted by Gasteiger charge is -2.20. The van der Waals surface area contributed by atoms with Crippen molar-refractivity contribution in [1.29, 1.82) is 0 Å². The average Bonchev–Trinajstić information content (AvgIpc) is 2.36. The van der Waals surface area contributed by atoms with Crippen LogP contribution in [0.4, 0.5) is 0 Å². The van der Waals surface area contributed by atoms with Gasteiger partial charge in [-0.3, -0.25) is 0 Å². The highest BCUT2D eigenvalue weighted by Gasteiger charge is 2.15. The molecule has 0 radical (unpaired) electrons. The molecule has 0 fully saturated rings.